The minimum atomic E-state index is -2.83. The van der Waals surface area contributed by atoms with Gasteiger partial charge in [-0.05, 0) is 41.5 Å². The molecular formula is C26H17F2N5O4S. The van der Waals surface area contributed by atoms with Gasteiger partial charge in [0.15, 0.2) is 11.5 Å². The Balaban J connectivity index is 1.42. The zero-order valence-electron chi connectivity index (χ0n) is 19.3. The van der Waals surface area contributed by atoms with Crippen LogP contribution in [0.1, 0.15) is 32.3 Å². The van der Waals surface area contributed by atoms with E-state index in [1.807, 2.05) is 0 Å². The molecule has 0 saturated heterocycles. The number of carbonyl (C=O) groups is 2. The van der Waals surface area contributed by atoms with Crippen molar-refractivity contribution in [3.8, 4) is 33.9 Å². The summed E-state index contributed by atoms with van der Waals surface area (Å²) >= 11 is 0.838. The molecule has 1 aliphatic heterocycles. The fourth-order valence-corrected chi connectivity index (χ4v) is 5.20. The molecule has 9 nitrogen and oxygen atoms in total. The summed E-state index contributed by atoms with van der Waals surface area (Å²) in [4.78, 5) is 29.8. The summed E-state index contributed by atoms with van der Waals surface area (Å²) in [5.74, 6) is -0.255. The molecule has 4 N–H and O–H groups in total. The van der Waals surface area contributed by atoms with Crippen LogP contribution < -0.4 is 20.5 Å². The summed E-state index contributed by atoms with van der Waals surface area (Å²) in [5, 5.41) is 9.96. The Morgan fingerprint density at radius 3 is 2.58 bits per heavy atom. The van der Waals surface area contributed by atoms with Crippen molar-refractivity contribution < 1.29 is 27.8 Å². The van der Waals surface area contributed by atoms with Gasteiger partial charge < -0.3 is 20.5 Å². The van der Waals surface area contributed by atoms with Crippen molar-refractivity contribution in [2.24, 2.45) is 5.73 Å². The molecule has 2 aromatic carbocycles. The topological polar surface area (TPSA) is 132 Å². The van der Waals surface area contributed by atoms with Crippen molar-refractivity contribution in [1.29, 1.82) is 0 Å². The first kappa shape index (κ1) is 23.6. The molecule has 3 aromatic heterocycles. The third kappa shape index (κ3) is 4.10. The Kier molecular flexibility index (Phi) is 5.72. The number of hydrogen-bond donors (Lipinski definition) is 3. The zero-order chi connectivity index (χ0) is 26.4. The maximum Gasteiger partial charge on any atom is 0.280 e. The summed E-state index contributed by atoms with van der Waals surface area (Å²) in [6.07, 6.45) is -2.83. The van der Waals surface area contributed by atoms with Crippen molar-refractivity contribution in [2.75, 3.05) is 12.1 Å². The number of benzene rings is 2. The van der Waals surface area contributed by atoms with Crippen LogP contribution in [0.3, 0.4) is 0 Å². The van der Waals surface area contributed by atoms with Crippen LogP contribution in [0.2, 0.25) is 0 Å². The highest BCUT2D eigenvalue weighted by atomic mass is 32.1. The SMILES string of the molecule is NC(=O)c1sc2nc(C(F)F)cc(-c3ccccc3)c2c1NC(=O)c1cc(-c2ccc3c(c2)OCO3)n[nH]1. The number of nitrogens with one attached hydrogen (secondary N) is 2. The fraction of sp³-hybridized carbons (Fsp3) is 0.0769. The number of nitrogens with zero attached hydrogens (tertiary/aromatic N) is 2. The highest BCUT2D eigenvalue weighted by Crippen LogP contribution is 2.42. The van der Waals surface area contributed by atoms with Crippen LogP contribution >= 0.6 is 11.3 Å². The number of thiophene rings is 1. The van der Waals surface area contributed by atoms with E-state index in [-0.39, 0.29) is 27.9 Å². The van der Waals surface area contributed by atoms with E-state index in [0.29, 0.717) is 39.3 Å². The quantitative estimate of drug-likeness (QED) is 0.269. The van der Waals surface area contributed by atoms with E-state index >= 15 is 0 Å². The molecule has 0 fully saturated rings. The average Bonchev–Trinajstić information content (AvgIpc) is 3.67. The van der Waals surface area contributed by atoms with Crippen LogP contribution in [-0.2, 0) is 0 Å². The summed E-state index contributed by atoms with van der Waals surface area (Å²) in [6, 6.07) is 16.8. The summed E-state index contributed by atoms with van der Waals surface area (Å²) < 4.78 is 38.0. The number of carbonyl (C=O) groups excluding carboxylic acids is 2. The number of aromatic nitrogens is 3. The number of ether oxygens (including phenoxy) is 2. The number of hydrogen-bond acceptors (Lipinski definition) is 7. The van der Waals surface area contributed by atoms with Crippen LogP contribution in [0.15, 0.2) is 60.7 Å². The first-order chi connectivity index (χ1) is 18.4. The predicted molar refractivity (Wildman–Crippen MR) is 137 cm³/mol. The third-order valence-corrected chi connectivity index (χ3v) is 7.04. The lowest BCUT2D eigenvalue weighted by Gasteiger charge is -2.10. The number of nitrogens with two attached hydrogens (primary N) is 1. The van der Waals surface area contributed by atoms with E-state index in [1.165, 1.54) is 12.1 Å². The molecule has 2 amide bonds. The number of halogens is 2. The first-order valence-corrected chi connectivity index (χ1v) is 12.1. The monoisotopic (exact) mass is 533 g/mol. The van der Waals surface area contributed by atoms with E-state index in [9.17, 15) is 18.4 Å². The lowest BCUT2D eigenvalue weighted by atomic mass is 10.0. The molecule has 0 saturated carbocycles. The summed E-state index contributed by atoms with van der Waals surface area (Å²) in [5.41, 5.74) is 7.52. The van der Waals surface area contributed by atoms with Gasteiger partial charge in [0.25, 0.3) is 18.2 Å². The molecule has 0 unspecified atom stereocenters. The lowest BCUT2D eigenvalue weighted by molar-refractivity contribution is 0.100. The van der Waals surface area contributed by atoms with Crippen molar-refractivity contribution in [1.82, 2.24) is 15.2 Å². The number of anilines is 1. The van der Waals surface area contributed by atoms with Crippen molar-refractivity contribution in [3.63, 3.8) is 0 Å². The highest BCUT2D eigenvalue weighted by molar-refractivity contribution is 7.21. The molecule has 0 spiro atoms. The van der Waals surface area contributed by atoms with Crippen LogP contribution in [0.5, 0.6) is 11.5 Å². The van der Waals surface area contributed by atoms with Crippen LogP contribution in [0, 0.1) is 0 Å². The zero-order valence-corrected chi connectivity index (χ0v) is 20.1. The van der Waals surface area contributed by atoms with Gasteiger partial charge >= 0.3 is 0 Å². The van der Waals surface area contributed by atoms with Gasteiger partial charge in [-0.15, -0.1) is 11.3 Å². The number of amides is 2. The van der Waals surface area contributed by atoms with Crippen LogP contribution in [0.25, 0.3) is 32.6 Å². The molecule has 190 valence electrons. The average molecular weight is 534 g/mol. The number of rotatable bonds is 6. The van der Waals surface area contributed by atoms with E-state index < -0.39 is 23.9 Å². The molecule has 12 heteroatoms. The number of fused-ring (bicyclic) bond motifs is 2. The van der Waals surface area contributed by atoms with E-state index in [0.717, 1.165) is 11.3 Å². The Morgan fingerprint density at radius 2 is 1.82 bits per heavy atom. The molecular weight excluding hydrogens is 516 g/mol. The number of pyridine rings is 1. The van der Waals surface area contributed by atoms with E-state index in [2.05, 4.69) is 20.5 Å². The second-order valence-corrected chi connectivity index (χ2v) is 9.30. The lowest BCUT2D eigenvalue weighted by Crippen LogP contribution is -2.17. The maximum absolute atomic E-state index is 13.7. The van der Waals surface area contributed by atoms with Gasteiger partial charge in [0.1, 0.15) is 21.1 Å². The first-order valence-electron chi connectivity index (χ1n) is 11.3. The van der Waals surface area contributed by atoms with Crippen molar-refractivity contribution in [2.45, 2.75) is 6.43 Å². The minimum absolute atomic E-state index is 0.0139. The Hall–Kier alpha value is -4.84. The molecule has 6 rings (SSSR count). The summed E-state index contributed by atoms with van der Waals surface area (Å²) in [7, 11) is 0. The molecule has 0 radical (unpaired) electrons. The van der Waals surface area contributed by atoms with Gasteiger partial charge in [0.2, 0.25) is 6.79 Å². The Labute approximate surface area is 217 Å². The maximum atomic E-state index is 13.7. The molecule has 1 aliphatic rings. The van der Waals surface area contributed by atoms with E-state index in [4.69, 9.17) is 15.2 Å². The molecule has 5 aromatic rings. The number of aromatic amines is 1. The third-order valence-electron chi connectivity index (χ3n) is 5.94. The largest absolute Gasteiger partial charge is 0.454 e. The van der Waals surface area contributed by atoms with Crippen molar-refractivity contribution >= 4 is 39.1 Å². The predicted octanol–water partition coefficient (Wildman–Crippen LogP) is 5.37. The summed E-state index contributed by atoms with van der Waals surface area (Å²) in [6.45, 7) is 0.127. The van der Waals surface area contributed by atoms with Crippen molar-refractivity contribution in [3.05, 3.63) is 76.9 Å². The molecule has 4 heterocycles. The second-order valence-electron chi connectivity index (χ2n) is 8.30. The number of primary amides is 1. The van der Waals surface area contributed by atoms with Gasteiger partial charge in [0.05, 0.1) is 11.4 Å². The van der Waals surface area contributed by atoms with Crippen LogP contribution in [-0.4, -0.2) is 33.8 Å². The van der Waals surface area contributed by atoms with Gasteiger partial charge in [-0.25, -0.2) is 13.8 Å². The Morgan fingerprint density at radius 1 is 1.03 bits per heavy atom. The van der Waals surface area contributed by atoms with Gasteiger partial charge in [-0.1, -0.05) is 30.3 Å². The van der Waals surface area contributed by atoms with E-state index in [1.54, 1.807) is 48.5 Å². The Bertz CT molecular complexity index is 1720. The van der Waals surface area contributed by atoms with Gasteiger partial charge in [0, 0.05) is 10.9 Å². The second kappa shape index (κ2) is 9.23. The van der Waals surface area contributed by atoms with Gasteiger partial charge in [-0.2, -0.15) is 5.10 Å². The molecule has 38 heavy (non-hydrogen) atoms. The normalized spacial score (nSPS) is 12.3. The number of alkyl halides is 2. The van der Waals surface area contributed by atoms with Gasteiger partial charge in [-0.3, -0.25) is 14.7 Å². The molecule has 0 aliphatic carbocycles. The standard InChI is InChI=1S/C26H17F2N5O4S/c27-23(28)16-9-14(12-4-2-1-3-5-12)20-21(22(24(29)34)38-26(20)30-16)31-25(35)17-10-15(32-33-17)13-6-7-18-19(8-13)37-11-36-18/h1-10,23H,11H2,(H2,29,34)(H,31,35)(H,32,33). The molecule has 0 bridgehead atoms. The van der Waals surface area contributed by atoms with Crippen LogP contribution in [0.4, 0.5) is 14.5 Å². The molecule has 0 atom stereocenters. The fourth-order valence-electron chi connectivity index (χ4n) is 4.19. The smallest absolute Gasteiger partial charge is 0.280 e. The highest BCUT2D eigenvalue weighted by Gasteiger charge is 2.26. The number of H-pyrrole nitrogens is 1. The minimum Gasteiger partial charge on any atom is -0.454 e.